The van der Waals surface area contributed by atoms with Crippen LogP contribution in [-0.4, -0.2) is 31.8 Å². The van der Waals surface area contributed by atoms with Crippen LogP contribution in [0.4, 0.5) is 5.69 Å². The molecular weight excluding hydrogens is 574 g/mol. The van der Waals surface area contributed by atoms with Crippen molar-refractivity contribution in [3.8, 4) is 17.2 Å². The van der Waals surface area contributed by atoms with E-state index in [1.807, 2.05) is 56.3 Å². The van der Waals surface area contributed by atoms with Gasteiger partial charge in [0.2, 0.25) is 0 Å². The second kappa shape index (κ2) is 11.9. The van der Waals surface area contributed by atoms with E-state index in [1.165, 1.54) is 25.6 Å². The number of benzene rings is 3. The minimum Gasteiger partial charge on any atom is -0.497 e. The summed E-state index contributed by atoms with van der Waals surface area (Å²) in [5, 5.41) is 3.40. The molecule has 0 unspecified atom stereocenters. The summed E-state index contributed by atoms with van der Waals surface area (Å²) >= 11 is 7.66. The Balaban J connectivity index is 1.67. The first-order chi connectivity index (χ1) is 20.1. The van der Waals surface area contributed by atoms with Crippen LogP contribution >= 0.6 is 22.9 Å². The van der Waals surface area contributed by atoms with Crippen molar-refractivity contribution in [2.24, 2.45) is 4.99 Å². The van der Waals surface area contributed by atoms with Crippen LogP contribution in [0.5, 0.6) is 17.2 Å². The third kappa shape index (κ3) is 5.45. The fraction of sp³-hybridized carbons (Fsp3) is 0.219. The SMILES string of the molecule is COc1ccc([C@H]2C(C(=O)Nc3ccc(C)cc3C)=C(C)N=c3s/c(=C/c4cc(Cl)c(OC)c(OC)c4)c(=O)n32)cc1. The van der Waals surface area contributed by atoms with Gasteiger partial charge in [-0.3, -0.25) is 14.2 Å². The van der Waals surface area contributed by atoms with Crippen molar-refractivity contribution in [3.05, 3.63) is 113 Å². The van der Waals surface area contributed by atoms with E-state index >= 15 is 0 Å². The zero-order valence-corrected chi connectivity index (χ0v) is 25.6. The molecule has 42 heavy (non-hydrogen) atoms. The van der Waals surface area contributed by atoms with Crippen LogP contribution in [-0.2, 0) is 4.79 Å². The topological polar surface area (TPSA) is 91.2 Å². The number of amides is 1. The number of fused-ring (bicyclic) bond motifs is 1. The molecule has 0 saturated heterocycles. The van der Waals surface area contributed by atoms with Gasteiger partial charge in [-0.25, -0.2) is 4.99 Å². The molecule has 0 radical (unpaired) electrons. The molecule has 1 N–H and O–H groups in total. The van der Waals surface area contributed by atoms with Crippen molar-refractivity contribution in [3.63, 3.8) is 0 Å². The zero-order valence-electron chi connectivity index (χ0n) is 24.1. The molecule has 0 fully saturated rings. The van der Waals surface area contributed by atoms with Gasteiger partial charge in [-0.05, 0) is 73.9 Å². The summed E-state index contributed by atoms with van der Waals surface area (Å²) in [6.07, 6.45) is 1.73. The van der Waals surface area contributed by atoms with Gasteiger partial charge >= 0.3 is 0 Å². The van der Waals surface area contributed by atoms with Gasteiger partial charge < -0.3 is 19.5 Å². The highest BCUT2D eigenvalue weighted by Crippen LogP contribution is 2.36. The van der Waals surface area contributed by atoms with E-state index in [0.717, 1.165) is 16.7 Å². The number of thiazole rings is 1. The average molecular weight is 604 g/mol. The van der Waals surface area contributed by atoms with Crippen molar-refractivity contribution in [2.75, 3.05) is 26.6 Å². The first-order valence-corrected chi connectivity index (χ1v) is 14.3. The maximum absolute atomic E-state index is 14.0. The molecule has 1 aromatic heterocycles. The van der Waals surface area contributed by atoms with Crippen molar-refractivity contribution >= 4 is 40.6 Å². The molecular formula is C32H30ClN3O5S. The van der Waals surface area contributed by atoms with Crippen LogP contribution in [0.2, 0.25) is 5.02 Å². The lowest BCUT2D eigenvalue weighted by molar-refractivity contribution is -0.113. The van der Waals surface area contributed by atoms with E-state index in [1.54, 1.807) is 36.8 Å². The van der Waals surface area contributed by atoms with Gasteiger partial charge in [0.1, 0.15) is 5.75 Å². The van der Waals surface area contributed by atoms with Crippen LogP contribution in [0.3, 0.4) is 0 Å². The largest absolute Gasteiger partial charge is 0.497 e. The lowest BCUT2D eigenvalue weighted by Crippen LogP contribution is -2.40. The smallest absolute Gasteiger partial charge is 0.271 e. The first kappa shape index (κ1) is 29.2. The summed E-state index contributed by atoms with van der Waals surface area (Å²) in [4.78, 5) is 33.1. The fourth-order valence-electron chi connectivity index (χ4n) is 5.03. The summed E-state index contributed by atoms with van der Waals surface area (Å²) in [6, 6.07) is 15.9. The molecule has 1 aliphatic rings. The molecule has 0 bridgehead atoms. The lowest BCUT2D eigenvalue weighted by atomic mass is 9.95. The normalized spacial score (nSPS) is 14.7. The molecule has 2 heterocycles. The number of allylic oxidation sites excluding steroid dienone is 1. The number of aromatic nitrogens is 1. The Morgan fingerprint density at radius 1 is 1.00 bits per heavy atom. The molecule has 0 aliphatic carbocycles. The molecule has 10 heteroatoms. The maximum Gasteiger partial charge on any atom is 0.271 e. The van der Waals surface area contributed by atoms with E-state index in [9.17, 15) is 9.59 Å². The van der Waals surface area contributed by atoms with Crippen LogP contribution in [0.1, 0.15) is 35.2 Å². The second-order valence-corrected chi connectivity index (χ2v) is 11.3. The minimum atomic E-state index is -0.714. The van der Waals surface area contributed by atoms with Gasteiger partial charge in [0.25, 0.3) is 11.5 Å². The molecule has 1 atom stereocenters. The Morgan fingerprint density at radius 2 is 1.74 bits per heavy atom. The summed E-state index contributed by atoms with van der Waals surface area (Å²) in [7, 11) is 4.62. The zero-order chi connectivity index (χ0) is 30.1. The van der Waals surface area contributed by atoms with Crippen LogP contribution in [0, 0.1) is 13.8 Å². The van der Waals surface area contributed by atoms with E-state index in [-0.39, 0.29) is 11.5 Å². The number of carbonyl (C=O) groups is 1. The number of hydrogen-bond acceptors (Lipinski definition) is 7. The molecule has 1 amide bonds. The van der Waals surface area contributed by atoms with Crippen LogP contribution in [0.25, 0.3) is 6.08 Å². The van der Waals surface area contributed by atoms with E-state index < -0.39 is 6.04 Å². The van der Waals surface area contributed by atoms with Gasteiger partial charge in [-0.2, -0.15) is 0 Å². The number of hydrogen-bond donors (Lipinski definition) is 1. The highest BCUT2D eigenvalue weighted by atomic mass is 35.5. The number of ether oxygens (including phenoxy) is 3. The highest BCUT2D eigenvalue weighted by molar-refractivity contribution is 7.07. The van der Waals surface area contributed by atoms with Crippen molar-refractivity contribution in [1.29, 1.82) is 0 Å². The number of nitrogens with zero attached hydrogens (tertiary/aromatic N) is 2. The molecule has 0 spiro atoms. The number of methoxy groups -OCH3 is 3. The Bertz CT molecular complexity index is 1910. The number of carbonyl (C=O) groups excluding carboxylic acids is 1. The van der Waals surface area contributed by atoms with Gasteiger partial charge in [0, 0.05) is 5.69 Å². The van der Waals surface area contributed by atoms with Crippen molar-refractivity contribution in [1.82, 2.24) is 4.57 Å². The van der Waals surface area contributed by atoms with Crippen molar-refractivity contribution < 1.29 is 19.0 Å². The summed E-state index contributed by atoms with van der Waals surface area (Å²) in [5.41, 5.74) is 4.77. The molecule has 8 nitrogen and oxygen atoms in total. The van der Waals surface area contributed by atoms with Crippen LogP contribution < -0.4 is 34.4 Å². The molecule has 0 saturated carbocycles. The third-order valence-electron chi connectivity index (χ3n) is 7.08. The van der Waals surface area contributed by atoms with Gasteiger partial charge in [-0.15, -0.1) is 0 Å². The predicted octanol–water partition coefficient (Wildman–Crippen LogP) is 5.17. The Labute approximate surface area is 252 Å². The van der Waals surface area contributed by atoms with E-state index in [4.69, 9.17) is 30.8 Å². The van der Waals surface area contributed by atoms with Gasteiger partial charge in [0.05, 0.1) is 48.2 Å². The summed E-state index contributed by atoms with van der Waals surface area (Å²) < 4.78 is 18.1. The van der Waals surface area contributed by atoms with Gasteiger partial charge in [-0.1, -0.05) is 52.8 Å². The number of aryl methyl sites for hydroxylation is 2. The third-order valence-corrected chi connectivity index (χ3v) is 8.35. The monoisotopic (exact) mass is 603 g/mol. The molecule has 3 aromatic carbocycles. The number of nitrogens with one attached hydrogen (secondary N) is 1. The summed E-state index contributed by atoms with van der Waals surface area (Å²) in [5.74, 6) is 1.19. The Hall–Kier alpha value is -4.34. The minimum absolute atomic E-state index is 0.283. The number of anilines is 1. The lowest BCUT2D eigenvalue weighted by Gasteiger charge is -2.25. The predicted molar refractivity (Wildman–Crippen MR) is 166 cm³/mol. The number of rotatable bonds is 7. The maximum atomic E-state index is 14.0. The molecule has 216 valence electrons. The first-order valence-electron chi connectivity index (χ1n) is 13.1. The van der Waals surface area contributed by atoms with Crippen LogP contribution in [0.15, 0.2) is 75.7 Å². The average Bonchev–Trinajstić information content (AvgIpc) is 3.27. The second-order valence-electron chi connectivity index (χ2n) is 9.87. The molecule has 5 rings (SSSR count). The van der Waals surface area contributed by atoms with Crippen molar-refractivity contribution in [2.45, 2.75) is 26.8 Å². The van der Waals surface area contributed by atoms with E-state index in [2.05, 4.69) is 5.32 Å². The fourth-order valence-corrected chi connectivity index (χ4v) is 6.37. The Morgan fingerprint density at radius 3 is 2.38 bits per heavy atom. The quantitative estimate of drug-likeness (QED) is 0.315. The Kier molecular flexibility index (Phi) is 8.24. The van der Waals surface area contributed by atoms with E-state index in [0.29, 0.717) is 54.1 Å². The number of halogens is 1. The standard InChI is InChI=1S/C32H30ClN3O5S/c1-17-7-12-24(18(2)13-17)35-30(37)27-19(3)34-32-36(28(27)21-8-10-22(39-4)11-9-21)31(38)26(42-32)16-20-14-23(33)29(41-6)25(15-20)40-5/h7-16,28H,1-6H3,(H,35,37)/b26-16+/t28-/m0/s1. The highest BCUT2D eigenvalue weighted by Gasteiger charge is 2.32. The molecule has 1 aliphatic heterocycles. The summed E-state index contributed by atoms with van der Waals surface area (Å²) in [6.45, 7) is 5.73. The van der Waals surface area contributed by atoms with Gasteiger partial charge in [0.15, 0.2) is 16.3 Å². The molecule has 4 aromatic rings.